The maximum atomic E-state index is 12.6. The molecule has 2 unspecified atom stereocenters. The first kappa shape index (κ1) is 15.0. The Morgan fingerprint density at radius 3 is 2.30 bits per heavy atom. The monoisotopic (exact) mass is 296 g/mol. The van der Waals surface area contributed by atoms with Gasteiger partial charge in [0.1, 0.15) is 0 Å². The fourth-order valence-electron chi connectivity index (χ4n) is 2.80. The van der Waals surface area contributed by atoms with Crippen LogP contribution in [0.1, 0.15) is 44.6 Å². The molecule has 110 valence electrons. The fourth-order valence-corrected chi connectivity index (χ4v) is 4.82. The Balaban J connectivity index is 2.32. The van der Waals surface area contributed by atoms with E-state index in [2.05, 4.69) is 0 Å². The quantitative estimate of drug-likeness (QED) is 0.927. The number of aliphatic carboxylic acids is 1. The zero-order valence-corrected chi connectivity index (χ0v) is 12.6. The third kappa shape index (κ3) is 2.73. The molecule has 0 saturated heterocycles. The van der Waals surface area contributed by atoms with Crippen molar-refractivity contribution in [3.8, 4) is 0 Å². The van der Waals surface area contributed by atoms with E-state index in [1.807, 2.05) is 26.0 Å². The van der Waals surface area contributed by atoms with Crippen LogP contribution in [0.15, 0.2) is 29.2 Å². The molecule has 1 fully saturated rings. The Morgan fingerprint density at radius 2 is 1.80 bits per heavy atom. The van der Waals surface area contributed by atoms with Gasteiger partial charge in [-0.15, -0.1) is 0 Å². The molecule has 1 N–H and O–H groups in total. The van der Waals surface area contributed by atoms with Gasteiger partial charge in [0.2, 0.25) is 0 Å². The summed E-state index contributed by atoms with van der Waals surface area (Å²) in [5, 5.41) is 8.36. The first-order valence-corrected chi connectivity index (χ1v) is 8.45. The summed E-state index contributed by atoms with van der Waals surface area (Å²) in [7, 11) is -3.56. The van der Waals surface area contributed by atoms with Gasteiger partial charge in [-0.05, 0) is 36.5 Å². The molecule has 2 rings (SSSR count). The lowest BCUT2D eigenvalue weighted by Gasteiger charge is -2.17. The Hall–Kier alpha value is -1.36. The van der Waals surface area contributed by atoms with Gasteiger partial charge in [0.05, 0.1) is 16.1 Å². The van der Waals surface area contributed by atoms with Gasteiger partial charge in [0.15, 0.2) is 9.84 Å². The highest BCUT2D eigenvalue weighted by atomic mass is 32.2. The van der Waals surface area contributed by atoms with E-state index in [1.165, 1.54) is 0 Å². The van der Waals surface area contributed by atoms with Crippen molar-refractivity contribution in [2.24, 2.45) is 5.92 Å². The summed E-state index contributed by atoms with van der Waals surface area (Å²) in [5.74, 6) is -1.44. The number of hydrogen-bond acceptors (Lipinski definition) is 3. The highest BCUT2D eigenvalue weighted by molar-refractivity contribution is 7.92. The molecule has 0 aromatic heterocycles. The summed E-state index contributed by atoms with van der Waals surface area (Å²) in [6.45, 7) is 4.09. The highest BCUT2D eigenvalue weighted by Gasteiger charge is 2.42. The Kier molecular flexibility index (Phi) is 4.18. The molecule has 1 aliphatic carbocycles. The van der Waals surface area contributed by atoms with E-state index in [-0.39, 0.29) is 4.90 Å². The van der Waals surface area contributed by atoms with E-state index >= 15 is 0 Å². The van der Waals surface area contributed by atoms with E-state index in [0.29, 0.717) is 25.2 Å². The van der Waals surface area contributed by atoms with Crippen LogP contribution >= 0.6 is 0 Å². The van der Waals surface area contributed by atoms with Gasteiger partial charge in [-0.3, -0.25) is 4.79 Å². The zero-order valence-electron chi connectivity index (χ0n) is 11.7. The van der Waals surface area contributed by atoms with Crippen LogP contribution in [0.25, 0.3) is 0 Å². The minimum absolute atomic E-state index is 0.236. The van der Waals surface area contributed by atoms with Crippen molar-refractivity contribution in [1.29, 1.82) is 0 Å². The SMILES string of the molecule is CC(C)c1ccc(S(=O)(=O)C2CCCC2C(=O)O)cc1. The lowest BCUT2D eigenvalue weighted by atomic mass is 10.0. The van der Waals surface area contributed by atoms with Gasteiger partial charge >= 0.3 is 5.97 Å². The van der Waals surface area contributed by atoms with Crippen LogP contribution in [0.4, 0.5) is 0 Å². The number of carbonyl (C=O) groups is 1. The summed E-state index contributed by atoms with van der Waals surface area (Å²) in [5.41, 5.74) is 1.07. The van der Waals surface area contributed by atoms with Crippen molar-refractivity contribution in [2.45, 2.75) is 49.2 Å². The second-order valence-corrected chi connectivity index (χ2v) is 7.85. The molecule has 0 radical (unpaired) electrons. The van der Waals surface area contributed by atoms with Crippen LogP contribution in [-0.2, 0) is 14.6 Å². The largest absolute Gasteiger partial charge is 0.481 e. The standard InChI is InChI=1S/C15H20O4S/c1-10(2)11-6-8-12(9-7-11)20(18,19)14-5-3-4-13(14)15(16)17/h6-10,13-14H,3-5H2,1-2H3,(H,16,17). The second-order valence-electron chi connectivity index (χ2n) is 5.68. The lowest BCUT2D eigenvalue weighted by molar-refractivity contribution is -0.141. The number of sulfone groups is 1. The summed E-state index contributed by atoms with van der Waals surface area (Å²) >= 11 is 0. The third-order valence-corrected chi connectivity index (χ3v) is 6.33. The van der Waals surface area contributed by atoms with Gasteiger partial charge in [-0.25, -0.2) is 8.42 Å². The lowest BCUT2D eigenvalue weighted by Crippen LogP contribution is -2.30. The smallest absolute Gasteiger partial charge is 0.307 e. The second kappa shape index (κ2) is 5.56. The highest BCUT2D eigenvalue weighted by Crippen LogP contribution is 2.35. The normalized spacial score (nSPS) is 23.1. The molecule has 0 amide bonds. The molecule has 1 aromatic carbocycles. The fraction of sp³-hybridized carbons (Fsp3) is 0.533. The van der Waals surface area contributed by atoms with Crippen molar-refractivity contribution in [2.75, 3.05) is 0 Å². The van der Waals surface area contributed by atoms with Crippen molar-refractivity contribution >= 4 is 15.8 Å². The summed E-state index contributed by atoms with van der Waals surface area (Å²) in [4.78, 5) is 11.4. The molecule has 1 aliphatic rings. The van der Waals surface area contributed by atoms with Gasteiger partial charge in [-0.2, -0.15) is 0 Å². The van der Waals surface area contributed by atoms with Crippen LogP contribution in [0.3, 0.4) is 0 Å². The van der Waals surface area contributed by atoms with E-state index < -0.39 is 27.0 Å². The third-order valence-electron chi connectivity index (χ3n) is 4.04. The van der Waals surface area contributed by atoms with Crippen molar-refractivity contribution in [1.82, 2.24) is 0 Å². The minimum Gasteiger partial charge on any atom is -0.481 e. The van der Waals surface area contributed by atoms with Crippen LogP contribution in [0, 0.1) is 5.92 Å². The molecule has 2 atom stereocenters. The Morgan fingerprint density at radius 1 is 1.20 bits per heavy atom. The van der Waals surface area contributed by atoms with Gasteiger partial charge in [-0.1, -0.05) is 32.4 Å². The van der Waals surface area contributed by atoms with Gasteiger partial charge in [0, 0.05) is 0 Å². The molecule has 4 nitrogen and oxygen atoms in total. The summed E-state index contributed by atoms with van der Waals surface area (Å²) in [6, 6.07) is 6.81. The molecule has 5 heteroatoms. The number of carboxylic acids is 1. The van der Waals surface area contributed by atoms with Crippen LogP contribution in [0.5, 0.6) is 0 Å². The average molecular weight is 296 g/mol. The van der Waals surface area contributed by atoms with E-state index in [0.717, 1.165) is 5.56 Å². The molecule has 0 aliphatic heterocycles. The van der Waals surface area contributed by atoms with Crippen molar-refractivity contribution in [3.63, 3.8) is 0 Å². The molecule has 1 aromatic rings. The van der Waals surface area contributed by atoms with Crippen molar-refractivity contribution < 1.29 is 18.3 Å². The molecule has 1 saturated carbocycles. The first-order chi connectivity index (χ1) is 9.34. The van der Waals surface area contributed by atoms with Gasteiger partial charge in [0.25, 0.3) is 0 Å². The maximum absolute atomic E-state index is 12.6. The van der Waals surface area contributed by atoms with E-state index in [1.54, 1.807) is 12.1 Å². The van der Waals surface area contributed by atoms with Crippen LogP contribution in [0.2, 0.25) is 0 Å². The summed E-state index contributed by atoms with van der Waals surface area (Å²) in [6.07, 6.45) is 1.54. The number of rotatable bonds is 4. The molecule has 0 bridgehead atoms. The zero-order chi connectivity index (χ0) is 14.9. The molecular weight excluding hydrogens is 276 g/mol. The van der Waals surface area contributed by atoms with E-state index in [4.69, 9.17) is 5.11 Å². The minimum atomic E-state index is -3.56. The molecule has 20 heavy (non-hydrogen) atoms. The molecule has 0 heterocycles. The maximum Gasteiger partial charge on any atom is 0.307 e. The van der Waals surface area contributed by atoms with E-state index in [9.17, 15) is 13.2 Å². The molecule has 0 spiro atoms. The average Bonchev–Trinajstić information content (AvgIpc) is 2.89. The summed E-state index contributed by atoms with van der Waals surface area (Å²) < 4.78 is 25.1. The van der Waals surface area contributed by atoms with Crippen LogP contribution in [-0.4, -0.2) is 24.7 Å². The van der Waals surface area contributed by atoms with Crippen molar-refractivity contribution in [3.05, 3.63) is 29.8 Å². The number of hydrogen-bond donors (Lipinski definition) is 1. The Bertz CT molecular complexity index is 587. The van der Waals surface area contributed by atoms with Crippen LogP contribution < -0.4 is 0 Å². The predicted octanol–water partition coefficient (Wildman–Crippen LogP) is 2.84. The number of carboxylic acid groups (broad SMARTS) is 1. The topological polar surface area (TPSA) is 71.4 Å². The first-order valence-electron chi connectivity index (χ1n) is 6.90. The predicted molar refractivity (Wildman–Crippen MR) is 76.5 cm³/mol. The number of benzene rings is 1. The Labute approximate surface area is 119 Å². The molecular formula is C15H20O4S. The van der Waals surface area contributed by atoms with Gasteiger partial charge < -0.3 is 5.11 Å².